The summed E-state index contributed by atoms with van der Waals surface area (Å²) in [5.41, 5.74) is 1.82. The molecular formula is C19H19F3N4O. The lowest BCUT2D eigenvalue weighted by Crippen LogP contribution is -2.46. The number of likely N-dealkylation sites (tertiary alicyclic amines) is 1. The maximum absolute atomic E-state index is 12.9. The van der Waals surface area contributed by atoms with E-state index in [1.807, 2.05) is 30.3 Å². The average Bonchev–Trinajstić information content (AvgIpc) is 2.68. The number of piperidine rings is 1. The Morgan fingerprint density at radius 3 is 2.26 bits per heavy atom. The van der Waals surface area contributed by atoms with Gasteiger partial charge in [0.15, 0.2) is 0 Å². The SMILES string of the molecule is O=C(Nc1ccc(N=Nc2ccccc2)cc1)N1CCC[C@@H](C(F)(F)F)C1. The molecule has 2 aromatic carbocycles. The molecule has 3 rings (SSSR count). The Morgan fingerprint density at radius 2 is 1.63 bits per heavy atom. The molecule has 1 heterocycles. The van der Waals surface area contributed by atoms with Crippen LogP contribution in [-0.2, 0) is 0 Å². The fraction of sp³-hybridized carbons (Fsp3) is 0.316. The summed E-state index contributed by atoms with van der Waals surface area (Å²) < 4.78 is 38.6. The highest BCUT2D eigenvalue weighted by Gasteiger charge is 2.42. The van der Waals surface area contributed by atoms with Gasteiger partial charge in [0.25, 0.3) is 0 Å². The highest BCUT2D eigenvalue weighted by Crippen LogP contribution is 2.33. The third-order valence-electron chi connectivity index (χ3n) is 4.33. The van der Waals surface area contributed by atoms with Gasteiger partial charge in [0.2, 0.25) is 0 Å². The van der Waals surface area contributed by atoms with Gasteiger partial charge in [-0.25, -0.2) is 4.79 Å². The number of anilines is 1. The average molecular weight is 376 g/mol. The van der Waals surface area contributed by atoms with Crippen LogP contribution >= 0.6 is 0 Å². The number of urea groups is 1. The van der Waals surface area contributed by atoms with E-state index in [0.29, 0.717) is 24.3 Å². The molecule has 0 spiro atoms. The van der Waals surface area contributed by atoms with E-state index in [1.54, 1.807) is 24.3 Å². The summed E-state index contributed by atoms with van der Waals surface area (Å²) in [4.78, 5) is 13.5. The van der Waals surface area contributed by atoms with Gasteiger partial charge >= 0.3 is 12.2 Å². The van der Waals surface area contributed by atoms with E-state index in [9.17, 15) is 18.0 Å². The van der Waals surface area contributed by atoms with Crippen LogP contribution in [-0.4, -0.2) is 30.2 Å². The van der Waals surface area contributed by atoms with E-state index in [-0.39, 0.29) is 13.0 Å². The smallest absolute Gasteiger partial charge is 0.324 e. The van der Waals surface area contributed by atoms with Crippen LogP contribution in [0.15, 0.2) is 64.8 Å². The Bertz CT molecular complexity index is 791. The molecule has 1 fully saturated rings. The molecule has 5 nitrogen and oxygen atoms in total. The van der Waals surface area contributed by atoms with Crippen LogP contribution in [0.2, 0.25) is 0 Å². The van der Waals surface area contributed by atoms with Crippen molar-refractivity contribution in [3.8, 4) is 0 Å². The van der Waals surface area contributed by atoms with Crippen molar-refractivity contribution in [2.45, 2.75) is 19.0 Å². The van der Waals surface area contributed by atoms with Crippen LogP contribution < -0.4 is 5.32 Å². The van der Waals surface area contributed by atoms with Crippen LogP contribution in [0.4, 0.5) is 35.0 Å². The molecule has 1 aliphatic rings. The molecule has 1 N–H and O–H groups in total. The highest BCUT2D eigenvalue weighted by atomic mass is 19.4. The van der Waals surface area contributed by atoms with E-state index >= 15 is 0 Å². The molecule has 0 bridgehead atoms. The van der Waals surface area contributed by atoms with E-state index in [2.05, 4.69) is 15.5 Å². The predicted molar refractivity (Wildman–Crippen MR) is 96.4 cm³/mol. The number of carbonyl (C=O) groups is 1. The maximum Gasteiger partial charge on any atom is 0.393 e. The van der Waals surface area contributed by atoms with Crippen molar-refractivity contribution < 1.29 is 18.0 Å². The lowest BCUT2D eigenvalue weighted by Gasteiger charge is -2.33. The topological polar surface area (TPSA) is 57.1 Å². The molecule has 8 heteroatoms. The third-order valence-corrected chi connectivity index (χ3v) is 4.33. The Labute approximate surface area is 154 Å². The summed E-state index contributed by atoms with van der Waals surface area (Å²) in [6.45, 7) is 0.0144. The molecule has 1 saturated heterocycles. The first-order chi connectivity index (χ1) is 12.9. The molecular weight excluding hydrogens is 357 g/mol. The molecule has 2 amide bonds. The fourth-order valence-corrected chi connectivity index (χ4v) is 2.85. The van der Waals surface area contributed by atoms with Crippen molar-refractivity contribution in [2.75, 3.05) is 18.4 Å². The summed E-state index contributed by atoms with van der Waals surface area (Å²) in [5.74, 6) is -1.46. The number of alkyl halides is 3. The second-order valence-corrected chi connectivity index (χ2v) is 6.34. The van der Waals surface area contributed by atoms with E-state index in [1.165, 1.54) is 4.90 Å². The number of rotatable bonds is 3. The van der Waals surface area contributed by atoms with Gasteiger partial charge in [-0.15, -0.1) is 0 Å². The normalized spacial score (nSPS) is 17.9. The Balaban J connectivity index is 1.58. The predicted octanol–water partition coefficient (Wildman–Crippen LogP) is 5.91. The van der Waals surface area contributed by atoms with Crippen LogP contribution in [0.25, 0.3) is 0 Å². The number of carbonyl (C=O) groups excluding carboxylic acids is 1. The van der Waals surface area contributed by atoms with Crippen LogP contribution in [0, 0.1) is 5.92 Å². The zero-order chi connectivity index (χ0) is 19.3. The summed E-state index contributed by atoms with van der Waals surface area (Å²) in [7, 11) is 0. The molecule has 142 valence electrons. The van der Waals surface area contributed by atoms with E-state index < -0.39 is 18.1 Å². The third kappa shape index (κ3) is 5.29. The summed E-state index contributed by atoms with van der Waals surface area (Å²) in [6.07, 6.45) is -3.87. The quantitative estimate of drug-likeness (QED) is 0.665. The van der Waals surface area contributed by atoms with Gasteiger partial charge in [-0.1, -0.05) is 18.2 Å². The Kier molecular flexibility index (Phi) is 5.73. The summed E-state index contributed by atoms with van der Waals surface area (Å²) in [6, 6.07) is 15.4. The largest absolute Gasteiger partial charge is 0.393 e. The van der Waals surface area contributed by atoms with Gasteiger partial charge in [-0.05, 0) is 49.2 Å². The van der Waals surface area contributed by atoms with Crippen LogP contribution in [0.1, 0.15) is 12.8 Å². The van der Waals surface area contributed by atoms with Crippen molar-refractivity contribution in [1.29, 1.82) is 0 Å². The number of halogens is 3. The number of amides is 2. The van der Waals surface area contributed by atoms with Crippen LogP contribution in [0.5, 0.6) is 0 Å². The number of nitrogens with one attached hydrogen (secondary N) is 1. The van der Waals surface area contributed by atoms with Crippen molar-refractivity contribution in [1.82, 2.24) is 4.90 Å². The van der Waals surface area contributed by atoms with Gasteiger partial charge in [-0.2, -0.15) is 23.4 Å². The van der Waals surface area contributed by atoms with Crippen molar-refractivity contribution in [2.24, 2.45) is 16.1 Å². The number of hydrogen-bond donors (Lipinski definition) is 1. The molecule has 27 heavy (non-hydrogen) atoms. The maximum atomic E-state index is 12.9. The molecule has 1 aliphatic heterocycles. The minimum Gasteiger partial charge on any atom is -0.324 e. The molecule has 0 radical (unpaired) electrons. The molecule has 0 saturated carbocycles. The van der Waals surface area contributed by atoms with Gasteiger partial charge < -0.3 is 10.2 Å². The zero-order valence-corrected chi connectivity index (χ0v) is 14.5. The minimum absolute atomic E-state index is 0.0639. The summed E-state index contributed by atoms with van der Waals surface area (Å²) in [5, 5.41) is 10.8. The van der Waals surface area contributed by atoms with Gasteiger partial charge in [0.05, 0.1) is 17.3 Å². The van der Waals surface area contributed by atoms with Gasteiger partial charge in [-0.3, -0.25) is 0 Å². The lowest BCUT2D eigenvalue weighted by atomic mass is 9.98. The fourth-order valence-electron chi connectivity index (χ4n) is 2.85. The molecule has 0 aromatic heterocycles. The first-order valence-electron chi connectivity index (χ1n) is 8.61. The number of benzene rings is 2. The Morgan fingerprint density at radius 1 is 1.00 bits per heavy atom. The van der Waals surface area contributed by atoms with Gasteiger partial charge in [0.1, 0.15) is 0 Å². The first kappa shape index (κ1) is 18.9. The van der Waals surface area contributed by atoms with Crippen molar-refractivity contribution >= 4 is 23.1 Å². The first-order valence-corrected chi connectivity index (χ1v) is 8.61. The number of azo groups is 1. The number of hydrogen-bond acceptors (Lipinski definition) is 3. The van der Waals surface area contributed by atoms with E-state index in [4.69, 9.17) is 0 Å². The number of nitrogens with zero attached hydrogens (tertiary/aromatic N) is 3. The van der Waals surface area contributed by atoms with Crippen LogP contribution in [0.3, 0.4) is 0 Å². The monoisotopic (exact) mass is 376 g/mol. The highest BCUT2D eigenvalue weighted by molar-refractivity contribution is 5.89. The lowest BCUT2D eigenvalue weighted by molar-refractivity contribution is -0.183. The minimum atomic E-state index is -4.27. The second-order valence-electron chi connectivity index (χ2n) is 6.34. The van der Waals surface area contributed by atoms with Crippen molar-refractivity contribution in [3.63, 3.8) is 0 Å². The second kappa shape index (κ2) is 8.20. The molecule has 0 aliphatic carbocycles. The summed E-state index contributed by atoms with van der Waals surface area (Å²) >= 11 is 0. The van der Waals surface area contributed by atoms with E-state index in [0.717, 1.165) is 5.69 Å². The van der Waals surface area contributed by atoms with Crippen molar-refractivity contribution in [3.05, 3.63) is 54.6 Å². The molecule has 0 unspecified atom stereocenters. The zero-order valence-electron chi connectivity index (χ0n) is 14.5. The Hall–Kier alpha value is -2.90. The molecule has 1 atom stereocenters. The molecule has 2 aromatic rings. The van der Waals surface area contributed by atoms with Gasteiger partial charge in [0, 0.05) is 18.8 Å². The standard InChI is InChI=1S/C19H19F3N4O/c20-19(21,22)14-5-4-12-26(13-14)18(27)23-15-8-10-17(11-9-15)25-24-16-6-2-1-3-7-16/h1-3,6-11,14H,4-5,12-13H2,(H,23,27)/t14-/m1/s1.